The van der Waals surface area contributed by atoms with E-state index in [2.05, 4.69) is 10.0 Å². The maximum Gasteiger partial charge on any atom is 0.147 e. The van der Waals surface area contributed by atoms with Gasteiger partial charge in [0.05, 0.1) is 12.1 Å². The average molecular weight is 251 g/mol. The van der Waals surface area contributed by atoms with Gasteiger partial charge in [0.15, 0.2) is 0 Å². The highest BCUT2D eigenvalue weighted by Crippen LogP contribution is 2.26. The minimum Gasteiger partial charge on any atom is -0.197 e. The van der Waals surface area contributed by atoms with Gasteiger partial charge in [0.1, 0.15) is 5.41 Å². The summed E-state index contributed by atoms with van der Waals surface area (Å²) in [5.74, 6) is 0. The molecular weight excluding hydrogens is 238 g/mol. The summed E-state index contributed by atoms with van der Waals surface area (Å²) >= 11 is 0. The fourth-order valence-corrected chi connectivity index (χ4v) is 1.58. The van der Waals surface area contributed by atoms with E-state index in [0.29, 0.717) is 6.42 Å². The molecule has 0 saturated carbocycles. The van der Waals surface area contributed by atoms with E-state index in [9.17, 15) is 0 Å². The molecule has 0 N–H and O–H groups in total. The lowest BCUT2D eigenvalue weighted by Gasteiger charge is -2.14. The lowest BCUT2D eigenvalue weighted by molar-refractivity contribution is 0.491. The predicted molar refractivity (Wildman–Crippen MR) is 72.4 cm³/mol. The third kappa shape index (κ3) is 4.55. The molecule has 5 heteroatoms. The monoisotopic (exact) mass is 251 g/mol. The Morgan fingerprint density at radius 2 is 1.95 bits per heavy atom. The Kier molecular flexibility index (Phi) is 5.69. The van der Waals surface area contributed by atoms with E-state index in [1.54, 1.807) is 6.08 Å². The number of hydrogen-bond acceptors (Lipinski definition) is 3. The third-order valence-electron chi connectivity index (χ3n) is 2.71. The molecule has 0 radical (unpaired) electrons. The van der Waals surface area contributed by atoms with Gasteiger partial charge < -0.3 is 0 Å². The van der Waals surface area contributed by atoms with Crippen molar-refractivity contribution in [2.45, 2.75) is 12.8 Å². The Bertz CT molecular complexity index is 542. The number of nitrogens with zero attached hydrogens (tertiary/aromatic N) is 5. The summed E-state index contributed by atoms with van der Waals surface area (Å²) in [6, 6.07) is 13.7. The van der Waals surface area contributed by atoms with E-state index in [4.69, 9.17) is 16.1 Å². The first-order valence-corrected chi connectivity index (χ1v) is 5.81. The van der Waals surface area contributed by atoms with Gasteiger partial charge in [0, 0.05) is 11.5 Å². The van der Waals surface area contributed by atoms with Crippen molar-refractivity contribution < 1.29 is 0 Å². The van der Waals surface area contributed by atoms with E-state index in [0.717, 1.165) is 5.56 Å². The Labute approximate surface area is 112 Å². The summed E-state index contributed by atoms with van der Waals surface area (Å²) in [5.41, 5.74) is 8.10. The molecule has 0 atom stereocenters. The van der Waals surface area contributed by atoms with E-state index in [1.807, 2.05) is 48.5 Å². The molecule has 0 saturated heterocycles. The van der Waals surface area contributed by atoms with Crippen LogP contribution in [0.5, 0.6) is 0 Å². The fraction of sp³-hybridized carbons (Fsp3) is 0.286. The Morgan fingerprint density at radius 3 is 2.53 bits per heavy atom. The standard InChI is InChI=1S/C14H13N5/c15-11-14(12-16,9-10-18-19-17)8-4-7-13-5-2-1-3-6-13/h1-7H,8-10H2/b7-4+. The van der Waals surface area contributed by atoms with Crippen molar-refractivity contribution in [3.05, 3.63) is 52.4 Å². The van der Waals surface area contributed by atoms with E-state index in [1.165, 1.54) is 0 Å². The van der Waals surface area contributed by atoms with Gasteiger partial charge in [-0.05, 0) is 23.9 Å². The van der Waals surface area contributed by atoms with Gasteiger partial charge in [-0.15, -0.1) is 0 Å². The van der Waals surface area contributed by atoms with Gasteiger partial charge in [0.25, 0.3) is 0 Å². The summed E-state index contributed by atoms with van der Waals surface area (Å²) in [7, 11) is 0. The molecule has 5 nitrogen and oxygen atoms in total. The Balaban J connectivity index is 2.70. The molecule has 0 aromatic heterocycles. The molecule has 0 heterocycles. The molecule has 0 spiro atoms. The maximum atomic E-state index is 9.13. The topological polar surface area (TPSA) is 96.3 Å². The van der Waals surface area contributed by atoms with Crippen molar-refractivity contribution in [1.82, 2.24) is 0 Å². The van der Waals surface area contributed by atoms with Gasteiger partial charge in [-0.1, -0.05) is 47.6 Å². The quantitative estimate of drug-likeness (QED) is 0.436. The second-order valence-electron chi connectivity index (χ2n) is 4.03. The van der Waals surface area contributed by atoms with Crippen LogP contribution in [-0.2, 0) is 0 Å². The Morgan fingerprint density at radius 1 is 1.26 bits per heavy atom. The van der Waals surface area contributed by atoms with Gasteiger partial charge >= 0.3 is 0 Å². The van der Waals surface area contributed by atoms with Crippen LogP contribution in [0.2, 0.25) is 0 Å². The number of rotatable bonds is 6. The van der Waals surface area contributed by atoms with Gasteiger partial charge in [0.2, 0.25) is 0 Å². The molecule has 0 bridgehead atoms. The molecule has 0 aliphatic heterocycles. The van der Waals surface area contributed by atoms with Gasteiger partial charge in [-0.25, -0.2) is 0 Å². The van der Waals surface area contributed by atoms with Crippen LogP contribution >= 0.6 is 0 Å². The molecule has 1 aromatic rings. The average Bonchev–Trinajstić information content (AvgIpc) is 2.47. The smallest absolute Gasteiger partial charge is 0.147 e. The molecule has 94 valence electrons. The van der Waals surface area contributed by atoms with E-state index in [-0.39, 0.29) is 13.0 Å². The molecule has 0 aliphatic rings. The van der Waals surface area contributed by atoms with Crippen molar-refractivity contribution in [1.29, 1.82) is 10.5 Å². The molecule has 0 unspecified atom stereocenters. The molecular formula is C14H13N5. The molecule has 1 aromatic carbocycles. The second-order valence-corrected chi connectivity index (χ2v) is 4.03. The number of hydrogen-bond donors (Lipinski definition) is 0. The number of allylic oxidation sites excluding steroid dienone is 1. The van der Waals surface area contributed by atoms with Crippen LogP contribution in [0, 0.1) is 28.1 Å². The summed E-state index contributed by atoms with van der Waals surface area (Å²) in [5, 5.41) is 21.6. The van der Waals surface area contributed by atoms with Crippen molar-refractivity contribution >= 4 is 6.08 Å². The lowest BCUT2D eigenvalue weighted by atomic mass is 9.84. The molecule has 0 aliphatic carbocycles. The van der Waals surface area contributed by atoms with Crippen LogP contribution in [0.4, 0.5) is 0 Å². The van der Waals surface area contributed by atoms with Gasteiger partial charge in [-0.3, -0.25) is 0 Å². The molecule has 1 rings (SSSR count). The Hall–Kier alpha value is -2.75. The van der Waals surface area contributed by atoms with E-state index < -0.39 is 5.41 Å². The first kappa shape index (κ1) is 14.3. The minimum atomic E-state index is -1.13. The number of nitriles is 2. The summed E-state index contributed by atoms with van der Waals surface area (Å²) in [6.45, 7) is 0.150. The van der Waals surface area contributed by atoms with Crippen LogP contribution in [0.25, 0.3) is 16.5 Å². The van der Waals surface area contributed by atoms with Crippen molar-refractivity contribution in [2.75, 3.05) is 6.54 Å². The normalized spacial score (nSPS) is 10.4. The number of benzene rings is 1. The maximum absolute atomic E-state index is 9.13. The van der Waals surface area contributed by atoms with Crippen molar-refractivity contribution in [3.8, 4) is 12.1 Å². The molecule has 0 amide bonds. The van der Waals surface area contributed by atoms with Crippen LogP contribution in [0.3, 0.4) is 0 Å². The largest absolute Gasteiger partial charge is 0.197 e. The summed E-state index contributed by atoms with van der Waals surface area (Å²) in [4.78, 5) is 2.62. The van der Waals surface area contributed by atoms with Crippen LogP contribution in [-0.4, -0.2) is 6.54 Å². The van der Waals surface area contributed by atoms with Crippen molar-refractivity contribution in [2.24, 2.45) is 10.5 Å². The SMILES string of the molecule is N#CC(C#N)(C/C=C/c1ccccc1)CCN=[N+]=[N-]. The highest BCUT2D eigenvalue weighted by Gasteiger charge is 2.27. The minimum absolute atomic E-state index is 0.150. The molecule has 19 heavy (non-hydrogen) atoms. The zero-order chi connectivity index (χ0) is 14.0. The lowest BCUT2D eigenvalue weighted by Crippen LogP contribution is -2.16. The van der Waals surface area contributed by atoms with Crippen LogP contribution < -0.4 is 0 Å². The van der Waals surface area contributed by atoms with Gasteiger partial charge in [-0.2, -0.15) is 10.5 Å². The third-order valence-corrected chi connectivity index (χ3v) is 2.71. The fourth-order valence-electron chi connectivity index (χ4n) is 1.58. The summed E-state index contributed by atoms with van der Waals surface area (Å²) < 4.78 is 0. The highest BCUT2D eigenvalue weighted by atomic mass is 15.1. The first-order chi connectivity index (χ1) is 9.26. The predicted octanol–water partition coefficient (Wildman–Crippen LogP) is 3.82. The van der Waals surface area contributed by atoms with Crippen molar-refractivity contribution in [3.63, 3.8) is 0 Å². The van der Waals surface area contributed by atoms with Crippen LogP contribution in [0.1, 0.15) is 18.4 Å². The first-order valence-electron chi connectivity index (χ1n) is 5.81. The number of azide groups is 1. The van der Waals surface area contributed by atoms with E-state index >= 15 is 0 Å². The summed E-state index contributed by atoms with van der Waals surface area (Å²) in [6.07, 6.45) is 4.23. The zero-order valence-corrected chi connectivity index (χ0v) is 10.4. The molecule has 0 fully saturated rings. The highest BCUT2D eigenvalue weighted by molar-refractivity contribution is 5.49. The van der Waals surface area contributed by atoms with Crippen LogP contribution in [0.15, 0.2) is 41.5 Å². The second kappa shape index (κ2) is 7.55. The zero-order valence-electron chi connectivity index (χ0n) is 10.4.